The fourth-order valence-corrected chi connectivity index (χ4v) is 2.54. The second kappa shape index (κ2) is 9.77. The molecule has 10 nitrogen and oxygen atoms in total. The van der Waals surface area contributed by atoms with E-state index in [4.69, 9.17) is 9.39 Å². The molecule has 1 aliphatic rings. The molecule has 12 heteroatoms. The fraction of sp³-hybridized carbons (Fsp3) is 0.750. The van der Waals surface area contributed by atoms with Gasteiger partial charge >= 0.3 is 6.02 Å². The molecular weight excluding hydrogens is 364 g/mol. The zero-order valence-electron chi connectivity index (χ0n) is 13.8. The van der Waals surface area contributed by atoms with Crippen LogP contribution in [0.2, 0.25) is 0 Å². The van der Waals surface area contributed by atoms with Crippen LogP contribution < -0.4 is 5.32 Å². The van der Waals surface area contributed by atoms with E-state index >= 15 is 0 Å². The summed E-state index contributed by atoms with van der Waals surface area (Å²) in [7, 11) is -0.816. The molecule has 1 unspecified atom stereocenters. The van der Waals surface area contributed by atoms with E-state index in [1.807, 2.05) is 19.0 Å². The highest BCUT2D eigenvalue weighted by Crippen LogP contribution is 2.19. The molecule has 1 fully saturated rings. The van der Waals surface area contributed by atoms with Crippen LogP contribution in [0.5, 0.6) is 0 Å². The summed E-state index contributed by atoms with van der Waals surface area (Å²) in [4.78, 5) is 34.8. The lowest BCUT2D eigenvalue weighted by Gasteiger charge is -2.16. The molecule has 0 spiro atoms. The van der Waals surface area contributed by atoms with E-state index in [1.165, 1.54) is 0 Å². The quantitative estimate of drug-likeness (QED) is 0.193. The highest BCUT2D eigenvalue weighted by Gasteiger charge is 2.48. The molecule has 1 rings (SSSR count). The first-order chi connectivity index (χ1) is 10.7. The fourth-order valence-electron chi connectivity index (χ4n) is 1.83. The second-order valence-electron chi connectivity index (χ2n) is 5.20. The maximum absolute atomic E-state index is 11.9. The largest absolute Gasteiger partial charge is 0.338 e. The van der Waals surface area contributed by atoms with Gasteiger partial charge in [-0.15, -0.1) is 17.5 Å². The zero-order chi connectivity index (χ0) is 17.6. The number of hydrogen-bond acceptors (Lipinski definition) is 7. The van der Waals surface area contributed by atoms with Gasteiger partial charge in [-0.2, -0.15) is 8.42 Å². The molecule has 1 saturated heterocycles. The topological polar surface area (TPSA) is 129 Å². The molecule has 140 valence electrons. The van der Waals surface area contributed by atoms with Gasteiger partial charge in [0.1, 0.15) is 0 Å². The molecule has 2 N–H and O–H groups in total. The maximum atomic E-state index is 11.9. The number of hydrogen-bond donors (Lipinski definition) is 2. The molecule has 2 amide bonds. The van der Waals surface area contributed by atoms with E-state index in [1.54, 1.807) is 6.92 Å². The van der Waals surface area contributed by atoms with E-state index < -0.39 is 33.6 Å². The van der Waals surface area contributed by atoms with E-state index in [0.29, 0.717) is 18.2 Å². The van der Waals surface area contributed by atoms with Crippen molar-refractivity contribution in [1.82, 2.24) is 15.3 Å². The van der Waals surface area contributed by atoms with Gasteiger partial charge in [0.25, 0.3) is 21.9 Å². The van der Waals surface area contributed by atoms with Crippen LogP contribution in [0.25, 0.3) is 0 Å². The van der Waals surface area contributed by atoms with Crippen LogP contribution in [0.15, 0.2) is 4.99 Å². The first-order valence-corrected chi connectivity index (χ1v) is 8.61. The number of carbonyl (C=O) groups is 2. The molecule has 24 heavy (non-hydrogen) atoms. The molecule has 1 heterocycles. The van der Waals surface area contributed by atoms with Crippen LogP contribution in [0, 0.1) is 0 Å². The lowest BCUT2D eigenvalue weighted by Crippen LogP contribution is -2.40. The predicted molar refractivity (Wildman–Crippen MR) is 89.3 cm³/mol. The molecular formula is C12H23ClN4O6S. The Morgan fingerprint density at radius 2 is 2.08 bits per heavy atom. The van der Waals surface area contributed by atoms with Crippen molar-refractivity contribution in [2.75, 3.05) is 33.7 Å². The number of amides is 2. The Balaban J connectivity index is 0.00000529. The lowest BCUT2D eigenvalue weighted by molar-refractivity contribution is -0.167. The third kappa shape index (κ3) is 6.59. The van der Waals surface area contributed by atoms with E-state index in [9.17, 15) is 18.0 Å². The van der Waals surface area contributed by atoms with Crippen molar-refractivity contribution < 1.29 is 27.4 Å². The van der Waals surface area contributed by atoms with Gasteiger partial charge in [-0.1, -0.05) is 0 Å². The average Bonchev–Trinajstić information content (AvgIpc) is 2.71. The molecule has 1 atom stereocenters. The molecule has 0 aromatic rings. The second-order valence-corrected chi connectivity index (χ2v) is 6.80. The van der Waals surface area contributed by atoms with Crippen molar-refractivity contribution >= 4 is 40.4 Å². The smallest absolute Gasteiger partial charge is 0.313 e. The molecule has 0 aliphatic carbocycles. The molecule has 0 aromatic carbocycles. The molecule has 0 saturated carbocycles. The maximum Gasteiger partial charge on any atom is 0.313 e. The number of hydroxylamine groups is 2. The number of aliphatic imine (C=N–C) groups is 1. The summed E-state index contributed by atoms with van der Waals surface area (Å²) < 4.78 is 31.1. The third-order valence-corrected chi connectivity index (χ3v) is 4.03. The number of nitrogens with one attached hydrogen (secondary N) is 1. The average molecular weight is 387 g/mol. The van der Waals surface area contributed by atoms with Gasteiger partial charge in [0.05, 0.1) is 6.42 Å². The third-order valence-electron chi connectivity index (χ3n) is 2.95. The number of amidine groups is 1. The molecule has 0 bridgehead atoms. The predicted octanol–water partition coefficient (Wildman–Crippen LogP) is -0.728. The summed E-state index contributed by atoms with van der Waals surface area (Å²) >= 11 is 0. The van der Waals surface area contributed by atoms with Crippen molar-refractivity contribution in [3.05, 3.63) is 0 Å². The van der Waals surface area contributed by atoms with Crippen LogP contribution in [-0.4, -0.2) is 79.7 Å². The SMILES string of the molecule is CCNC(=NCCCN(C)C)ON1C(=O)CC(S(=O)(=O)O)C1=O.Cl. The number of carbonyl (C=O) groups excluding carboxylic acids is 2. The van der Waals surface area contributed by atoms with Crippen molar-refractivity contribution in [2.24, 2.45) is 4.99 Å². The van der Waals surface area contributed by atoms with Gasteiger partial charge < -0.3 is 15.1 Å². The van der Waals surface area contributed by atoms with Gasteiger partial charge in [-0.05, 0) is 34.0 Å². The normalized spacial score (nSPS) is 18.8. The van der Waals surface area contributed by atoms with E-state index in [2.05, 4.69) is 10.3 Å². The number of rotatable bonds is 7. The van der Waals surface area contributed by atoms with Crippen molar-refractivity contribution in [2.45, 2.75) is 25.0 Å². The summed E-state index contributed by atoms with van der Waals surface area (Å²) in [6.45, 7) is 3.41. The van der Waals surface area contributed by atoms with Gasteiger partial charge in [-0.25, -0.2) is 4.99 Å². The monoisotopic (exact) mass is 386 g/mol. The van der Waals surface area contributed by atoms with Crippen molar-refractivity contribution in [3.63, 3.8) is 0 Å². The molecule has 0 radical (unpaired) electrons. The van der Waals surface area contributed by atoms with Gasteiger partial charge in [0.15, 0.2) is 5.25 Å². The van der Waals surface area contributed by atoms with Crippen LogP contribution in [0.1, 0.15) is 19.8 Å². The number of halogens is 1. The first-order valence-electron chi connectivity index (χ1n) is 7.11. The minimum Gasteiger partial charge on any atom is -0.338 e. The van der Waals surface area contributed by atoms with E-state index in [-0.39, 0.29) is 18.4 Å². The standard InChI is InChI=1S/C12H22N4O6S.ClH/c1-4-13-12(14-6-5-7-15(2)3)22-16-10(17)8-9(11(16)18)23(19,20)21;/h9H,4-8H2,1-3H3,(H,13,14)(H,19,20,21);1H. The number of imide groups is 1. The van der Waals surface area contributed by atoms with Crippen LogP contribution in [0.3, 0.4) is 0 Å². The van der Waals surface area contributed by atoms with Crippen LogP contribution in [0.4, 0.5) is 0 Å². The van der Waals surface area contributed by atoms with Gasteiger partial charge in [0, 0.05) is 13.1 Å². The minimum atomic E-state index is -4.65. The summed E-state index contributed by atoms with van der Waals surface area (Å²) in [6.07, 6.45) is 0.0818. The Kier molecular flexibility index (Phi) is 9.18. The summed E-state index contributed by atoms with van der Waals surface area (Å²) in [5, 5.41) is 1.25. The van der Waals surface area contributed by atoms with Crippen LogP contribution >= 0.6 is 12.4 Å². The highest BCUT2D eigenvalue weighted by atomic mass is 35.5. The van der Waals surface area contributed by atoms with Crippen molar-refractivity contribution in [3.8, 4) is 0 Å². The first kappa shape index (κ1) is 22.6. The summed E-state index contributed by atoms with van der Waals surface area (Å²) in [6, 6.07) is -0.0519. The summed E-state index contributed by atoms with van der Waals surface area (Å²) in [5.74, 6) is -1.98. The Bertz CT molecular complexity index is 580. The molecule has 1 aliphatic heterocycles. The molecule has 0 aromatic heterocycles. The van der Waals surface area contributed by atoms with Gasteiger partial charge in [0.2, 0.25) is 0 Å². The zero-order valence-corrected chi connectivity index (χ0v) is 15.4. The minimum absolute atomic E-state index is 0. The Morgan fingerprint density at radius 1 is 1.46 bits per heavy atom. The Labute approximate surface area is 147 Å². The van der Waals surface area contributed by atoms with Gasteiger partial charge in [-0.3, -0.25) is 14.1 Å². The number of nitrogens with zero attached hydrogens (tertiary/aromatic N) is 3. The highest BCUT2D eigenvalue weighted by molar-refractivity contribution is 7.87. The van der Waals surface area contributed by atoms with Crippen LogP contribution in [-0.2, 0) is 24.5 Å². The van der Waals surface area contributed by atoms with E-state index in [0.717, 1.165) is 13.0 Å². The Hall–Kier alpha value is -1.43. The van der Waals surface area contributed by atoms with Crippen molar-refractivity contribution in [1.29, 1.82) is 0 Å². The Morgan fingerprint density at radius 3 is 2.54 bits per heavy atom. The lowest BCUT2D eigenvalue weighted by atomic mass is 10.4. The summed E-state index contributed by atoms with van der Waals surface area (Å²) in [5.41, 5.74) is 0.